The van der Waals surface area contributed by atoms with Gasteiger partial charge in [-0.25, -0.2) is 0 Å². The molecule has 1 aliphatic carbocycles. The van der Waals surface area contributed by atoms with E-state index < -0.39 is 7.68 Å². The van der Waals surface area contributed by atoms with Crippen molar-refractivity contribution in [3.05, 3.63) is 0 Å². The van der Waals surface area contributed by atoms with Gasteiger partial charge in [-0.3, -0.25) is 4.57 Å². The zero-order valence-corrected chi connectivity index (χ0v) is 9.23. The van der Waals surface area contributed by atoms with Crippen molar-refractivity contribution in [1.29, 1.82) is 0 Å². The zero-order chi connectivity index (χ0) is 9.90. The van der Waals surface area contributed by atoms with Crippen molar-refractivity contribution in [2.45, 2.75) is 45.6 Å². The van der Waals surface area contributed by atoms with Crippen LogP contribution in [0.3, 0.4) is 0 Å². The average molecular weight is 208 g/mol. The highest BCUT2D eigenvalue weighted by molar-refractivity contribution is 7.53. The summed E-state index contributed by atoms with van der Waals surface area (Å²) in [5.41, 5.74) is 0. The van der Waals surface area contributed by atoms with Crippen molar-refractivity contribution in [1.82, 2.24) is 0 Å². The van der Waals surface area contributed by atoms with E-state index in [0.29, 0.717) is 5.92 Å². The van der Waals surface area contributed by atoms with Crippen LogP contribution in [0.4, 0.5) is 4.20 Å². The summed E-state index contributed by atoms with van der Waals surface area (Å²) in [5, 5.41) is 0. The Hall–Kier alpha value is 0.120. The van der Waals surface area contributed by atoms with Crippen molar-refractivity contribution >= 4 is 7.68 Å². The van der Waals surface area contributed by atoms with Crippen molar-refractivity contribution in [3.63, 3.8) is 0 Å². The quantitative estimate of drug-likeness (QED) is 0.660. The van der Waals surface area contributed by atoms with Gasteiger partial charge in [0.15, 0.2) is 0 Å². The van der Waals surface area contributed by atoms with E-state index in [2.05, 4.69) is 0 Å². The Morgan fingerprint density at radius 3 is 2.62 bits per heavy atom. The zero-order valence-electron chi connectivity index (χ0n) is 8.33. The Balaban J connectivity index is 2.47. The molecule has 0 aromatic carbocycles. The van der Waals surface area contributed by atoms with Crippen LogP contribution >= 0.6 is 7.68 Å². The predicted octanol–water partition coefficient (Wildman–Crippen LogP) is 3.76. The molecule has 1 fully saturated rings. The lowest BCUT2D eigenvalue weighted by atomic mass is 9.88. The maximum absolute atomic E-state index is 13.1. The summed E-state index contributed by atoms with van der Waals surface area (Å²) >= 11 is 0. The van der Waals surface area contributed by atoms with Gasteiger partial charge in [-0.15, -0.1) is 0 Å². The second-order valence-corrected chi connectivity index (χ2v) is 5.84. The second-order valence-electron chi connectivity index (χ2n) is 3.81. The fourth-order valence-corrected chi connectivity index (χ4v) is 2.58. The van der Waals surface area contributed by atoms with Crippen LogP contribution in [0.1, 0.15) is 39.5 Å². The molecule has 78 valence electrons. The molecule has 0 saturated heterocycles. The highest BCUT2D eigenvalue weighted by Gasteiger charge is 2.30. The smallest absolute Gasteiger partial charge is 0.302 e. The van der Waals surface area contributed by atoms with E-state index in [4.69, 9.17) is 4.52 Å². The summed E-state index contributed by atoms with van der Waals surface area (Å²) < 4.78 is 29.2. The van der Waals surface area contributed by atoms with E-state index in [1.54, 1.807) is 6.92 Å². The Morgan fingerprint density at radius 1 is 1.46 bits per heavy atom. The van der Waals surface area contributed by atoms with E-state index >= 15 is 0 Å². The number of halogens is 1. The first-order valence-corrected chi connectivity index (χ1v) is 6.72. The molecule has 0 spiro atoms. The van der Waals surface area contributed by atoms with Crippen LogP contribution in [0, 0.1) is 5.92 Å². The minimum absolute atomic E-state index is 0.00375. The molecule has 1 aliphatic rings. The third-order valence-electron chi connectivity index (χ3n) is 2.70. The number of hydrogen-bond acceptors (Lipinski definition) is 2. The van der Waals surface area contributed by atoms with Crippen LogP contribution in [0.2, 0.25) is 0 Å². The van der Waals surface area contributed by atoms with Gasteiger partial charge in [0.25, 0.3) is 0 Å². The molecule has 4 heteroatoms. The van der Waals surface area contributed by atoms with Gasteiger partial charge in [0, 0.05) is 0 Å². The lowest BCUT2D eigenvalue weighted by Crippen LogP contribution is -2.24. The van der Waals surface area contributed by atoms with Crippen molar-refractivity contribution < 1.29 is 13.3 Å². The Labute approximate surface area is 79.4 Å². The summed E-state index contributed by atoms with van der Waals surface area (Å²) in [6.07, 6.45) is 4.05. The summed E-state index contributed by atoms with van der Waals surface area (Å²) in [4.78, 5) is 0. The van der Waals surface area contributed by atoms with Crippen LogP contribution in [0.15, 0.2) is 0 Å². The Morgan fingerprint density at radius 2 is 2.08 bits per heavy atom. The molecule has 0 radical (unpaired) electrons. The van der Waals surface area contributed by atoms with Crippen molar-refractivity contribution in [2.24, 2.45) is 5.92 Å². The first kappa shape index (κ1) is 11.2. The topological polar surface area (TPSA) is 26.3 Å². The first-order chi connectivity index (χ1) is 6.05. The standard InChI is InChI=1S/C9H18FO2P/c1-3-13(10,11)12-9-7-5-4-6-8(9)2/h8-9H,3-7H2,1-2H3. The first-order valence-electron chi connectivity index (χ1n) is 5.02. The molecule has 3 unspecified atom stereocenters. The van der Waals surface area contributed by atoms with Gasteiger partial charge in [-0.1, -0.05) is 26.7 Å². The molecule has 1 saturated carbocycles. The molecule has 1 rings (SSSR count). The molecule has 0 heterocycles. The molecule has 0 aromatic rings. The van der Waals surface area contributed by atoms with Gasteiger partial charge >= 0.3 is 7.68 Å². The van der Waals surface area contributed by atoms with Gasteiger partial charge in [0.05, 0.1) is 12.3 Å². The van der Waals surface area contributed by atoms with Crippen LogP contribution in [0.5, 0.6) is 0 Å². The highest BCUT2D eigenvalue weighted by atomic mass is 31.2. The Bertz CT molecular complexity index is 208. The SMILES string of the molecule is CCP(=O)(F)OC1CCCCC1C. The third kappa shape index (κ3) is 3.40. The molecule has 13 heavy (non-hydrogen) atoms. The highest BCUT2D eigenvalue weighted by Crippen LogP contribution is 2.51. The molecular formula is C9H18FO2P. The van der Waals surface area contributed by atoms with Gasteiger partial charge in [0.1, 0.15) is 0 Å². The lowest BCUT2D eigenvalue weighted by Gasteiger charge is -2.29. The van der Waals surface area contributed by atoms with E-state index in [0.717, 1.165) is 19.3 Å². The van der Waals surface area contributed by atoms with Crippen molar-refractivity contribution in [2.75, 3.05) is 6.16 Å². The summed E-state index contributed by atoms with van der Waals surface area (Å²) in [6, 6.07) is 0. The summed E-state index contributed by atoms with van der Waals surface area (Å²) in [7, 11) is -3.78. The van der Waals surface area contributed by atoms with Gasteiger partial charge in [-0.2, -0.15) is 4.20 Å². The fraction of sp³-hybridized carbons (Fsp3) is 1.00. The maximum atomic E-state index is 13.1. The van der Waals surface area contributed by atoms with E-state index in [-0.39, 0.29) is 12.3 Å². The van der Waals surface area contributed by atoms with Crippen LogP contribution in [-0.4, -0.2) is 12.3 Å². The maximum Gasteiger partial charge on any atom is 0.367 e. The molecule has 3 atom stereocenters. The molecule has 0 aromatic heterocycles. The van der Waals surface area contributed by atoms with Gasteiger partial charge in [0.2, 0.25) is 0 Å². The summed E-state index contributed by atoms with van der Waals surface area (Å²) in [6.45, 7) is 3.60. The van der Waals surface area contributed by atoms with E-state index in [1.165, 1.54) is 6.42 Å². The molecule has 2 nitrogen and oxygen atoms in total. The van der Waals surface area contributed by atoms with Gasteiger partial charge < -0.3 is 4.52 Å². The van der Waals surface area contributed by atoms with Crippen LogP contribution in [-0.2, 0) is 9.09 Å². The van der Waals surface area contributed by atoms with Crippen LogP contribution in [0.25, 0.3) is 0 Å². The second kappa shape index (κ2) is 4.56. The predicted molar refractivity (Wildman–Crippen MR) is 51.8 cm³/mol. The lowest BCUT2D eigenvalue weighted by molar-refractivity contribution is 0.0967. The third-order valence-corrected chi connectivity index (χ3v) is 4.04. The molecule has 0 N–H and O–H groups in total. The normalized spacial score (nSPS) is 34.1. The molecule has 0 amide bonds. The fourth-order valence-electron chi connectivity index (χ4n) is 1.72. The Kier molecular flexibility index (Phi) is 3.93. The van der Waals surface area contributed by atoms with E-state index in [1.807, 2.05) is 6.92 Å². The van der Waals surface area contributed by atoms with Crippen molar-refractivity contribution in [3.8, 4) is 0 Å². The average Bonchev–Trinajstić information content (AvgIpc) is 2.09. The molecular weight excluding hydrogens is 190 g/mol. The molecule has 0 bridgehead atoms. The number of rotatable bonds is 3. The molecule has 0 aliphatic heterocycles. The number of hydrogen-bond donors (Lipinski definition) is 0. The largest absolute Gasteiger partial charge is 0.367 e. The van der Waals surface area contributed by atoms with Crippen LogP contribution < -0.4 is 0 Å². The van der Waals surface area contributed by atoms with Gasteiger partial charge in [-0.05, 0) is 18.8 Å². The summed E-state index contributed by atoms with van der Waals surface area (Å²) in [5.74, 6) is 0.351. The minimum atomic E-state index is -3.78. The monoisotopic (exact) mass is 208 g/mol. The van der Waals surface area contributed by atoms with E-state index in [9.17, 15) is 8.76 Å². The minimum Gasteiger partial charge on any atom is -0.302 e.